The lowest BCUT2D eigenvalue weighted by Crippen LogP contribution is -2.45. The quantitative estimate of drug-likeness (QED) is 0.630. The van der Waals surface area contributed by atoms with Gasteiger partial charge >= 0.3 is 0 Å². The number of anilines is 1. The van der Waals surface area contributed by atoms with Gasteiger partial charge < -0.3 is 14.7 Å². The Bertz CT molecular complexity index is 1090. The van der Waals surface area contributed by atoms with Gasteiger partial charge in [0, 0.05) is 18.7 Å². The summed E-state index contributed by atoms with van der Waals surface area (Å²) in [7, 11) is 3.44. The molecule has 2 aromatic heterocycles. The van der Waals surface area contributed by atoms with Crippen molar-refractivity contribution < 1.29 is 14.2 Å². The summed E-state index contributed by atoms with van der Waals surface area (Å²) in [6, 6.07) is 6.84. The molecule has 0 unspecified atom stereocenters. The number of ether oxygens (including phenoxy) is 1. The fourth-order valence-electron chi connectivity index (χ4n) is 4.86. The van der Waals surface area contributed by atoms with Crippen LogP contribution in [0.1, 0.15) is 25.7 Å². The predicted molar refractivity (Wildman–Crippen MR) is 117 cm³/mol. The second kappa shape index (κ2) is 8.03. The second-order valence-corrected chi connectivity index (χ2v) is 9.32. The molecule has 2 aliphatic carbocycles. The van der Waals surface area contributed by atoms with Crippen molar-refractivity contribution in [2.45, 2.75) is 37.9 Å². The van der Waals surface area contributed by atoms with E-state index in [1.165, 1.54) is 17.7 Å². The van der Waals surface area contributed by atoms with Crippen LogP contribution in [0, 0.1) is 11.8 Å². The number of hydrogen-bond donors (Lipinski definition) is 1. The van der Waals surface area contributed by atoms with Crippen molar-refractivity contribution in [2.24, 2.45) is 11.8 Å². The van der Waals surface area contributed by atoms with Gasteiger partial charge in [0.15, 0.2) is 5.01 Å². The molecular formula is C22H24FN5O2S. The maximum absolute atomic E-state index is 15.0. The van der Waals surface area contributed by atoms with Gasteiger partial charge in [-0.3, -0.25) is 0 Å². The highest BCUT2D eigenvalue weighted by Gasteiger charge is 2.44. The molecule has 0 aliphatic heterocycles. The van der Waals surface area contributed by atoms with Crippen molar-refractivity contribution in [3.63, 3.8) is 0 Å². The van der Waals surface area contributed by atoms with Crippen molar-refractivity contribution in [1.29, 1.82) is 0 Å². The summed E-state index contributed by atoms with van der Waals surface area (Å²) in [5, 5.41) is 20.5. The summed E-state index contributed by atoms with van der Waals surface area (Å²) >= 11 is 1.37. The van der Waals surface area contributed by atoms with Crippen molar-refractivity contribution in [3.05, 3.63) is 30.6 Å². The first-order chi connectivity index (χ1) is 15.0. The van der Waals surface area contributed by atoms with Crippen molar-refractivity contribution in [1.82, 2.24) is 20.2 Å². The van der Waals surface area contributed by atoms with Crippen molar-refractivity contribution in [3.8, 4) is 33.5 Å². The molecule has 0 radical (unpaired) electrons. The molecule has 5 rings (SSSR count). The van der Waals surface area contributed by atoms with Crippen molar-refractivity contribution in [2.75, 3.05) is 19.1 Å². The minimum absolute atomic E-state index is 0.0829. The van der Waals surface area contributed by atoms with Gasteiger partial charge in [0.05, 0.1) is 24.4 Å². The molecule has 2 bridgehead atoms. The number of phenolic OH excluding ortho intramolecular Hbond substituents is 1. The number of benzene rings is 1. The molecule has 2 fully saturated rings. The zero-order valence-corrected chi connectivity index (χ0v) is 18.2. The maximum atomic E-state index is 15.0. The fraction of sp³-hybridized carbons (Fsp3) is 0.455. The van der Waals surface area contributed by atoms with Gasteiger partial charge in [0.2, 0.25) is 11.0 Å². The van der Waals surface area contributed by atoms with Crippen LogP contribution >= 0.6 is 11.3 Å². The van der Waals surface area contributed by atoms with Gasteiger partial charge in [0.25, 0.3) is 0 Å². The summed E-state index contributed by atoms with van der Waals surface area (Å²) in [5.41, 5.74) is 1.97. The average Bonchev–Trinajstić information content (AvgIpc) is 3.44. The fourth-order valence-corrected chi connectivity index (χ4v) is 5.76. The first-order valence-corrected chi connectivity index (χ1v) is 11.3. The molecule has 1 N–H and O–H groups in total. The zero-order chi connectivity index (χ0) is 21.5. The molecular weight excluding hydrogens is 417 g/mol. The summed E-state index contributed by atoms with van der Waals surface area (Å²) < 4.78 is 20.1. The lowest BCUT2D eigenvalue weighted by atomic mass is 9.83. The molecule has 0 saturated heterocycles. The lowest BCUT2D eigenvalue weighted by molar-refractivity contribution is 0.144. The minimum Gasteiger partial charge on any atom is -0.507 e. The topological polar surface area (TPSA) is 84.3 Å². The third kappa shape index (κ3) is 3.71. The Kier molecular flexibility index (Phi) is 5.21. The van der Waals surface area contributed by atoms with E-state index in [1.807, 2.05) is 18.0 Å². The number of alkyl halides is 1. The molecule has 0 amide bonds. The van der Waals surface area contributed by atoms with Crippen LogP contribution < -0.4 is 9.64 Å². The monoisotopic (exact) mass is 441 g/mol. The van der Waals surface area contributed by atoms with Crippen LogP contribution in [-0.4, -0.2) is 51.6 Å². The van der Waals surface area contributed by atoms with E-state index in [1.54, 1.807) is 25.3 Å². The summed E-state index contributed by atoms with van der Waals surface area (Å²) in [5.74, 6) is 1.33. The highest BCUT2D eigenvalue weighted by molar-refractivity contribution is 7.18. The van der Waals surface area contributed by atoms with E-state index in [4.69, 9.17) is 4.74 Å². The molecule has 0 spiro atoms. The molecule has 31 heavy (non-hydrogen) atoms. The van der Waals surface area contributed by atoms with E-state index in [0.29, 0.717) is 33.2 Å². The summed E-state index contributed by atoms with van der Waals surface area (Å²) in [4.78, 5) is 10.2. The highest BCUT2D eigenvalue weighted by Crippen LogP contribution is 2.46. The molecule has 2 heterocycles. The molecule has 9 heteroatoms. The Morgan fingerprint density at radius 3 is 2.84 bits per heavy atom. The minimum atomic E-state index is -0.825. The first kappa shape index (κ1) is 20.1. The molecule has 4 atom stereocenters. The molecule has 2 aliphatic rings. The number of nitrogens with zero attached hydrogens (tertiary/aromatic N) is 5. The van der Waals surface area contributed by atoms with Crippen LogP contribution in [0.5, 0.6) is 11.6 Å². The standard InChI is InChI=1S/C22H24FN5O2S/c1-28(17-8-12-3-4-14(7-12)20(17)23)22-27-26-21(31-22)15-6-5-13(9-18(15)29)16-10-19(30-2)25-11-24-16/h5-6,9-12,14,17,20,29H,3-4,7-8H2,1-2H3/t12-,14+,17+,20-/m1/s1. The maximum Gasteiger partial charge on any atom is 0.216 e. The Labute approximate surface area is 184 Å². The third-order valence-electron chi connectivity index (χ3n) is 6.56. The smallest absolute Gasteiger partial charge is 0.216 e. The van der Waals surface area contributed by atoms with Crippen LogP contribution in [0.3, 0.4) is 0 Å². The van der Waals surface area contributed by atoms with E-state index in [2.05, 4.69) is 20.2 Å². The number of phenols is 1. The van der Waals surface area contributed by atoms with E-state index < -0.39 is 6.17 Å². The number of aromatic nitrogens is 4. The number of fused-ring (bicyclic) bond motifs is 2. The van der Waals surface area contributed by atoms with Gasteiger partial charge in [-0.25, -0.2) is 14.4 Å². The normalized spacial score (nSPS) is 24.9. The average molecular weight is 442 g/mol. The molecule has 7 nitrogen and oxygen atoms in total. The number of aromatic hydroxyl groups is 1. The largest absolute Gasteiger partial charge is 0.507 e. The molecule has 1 aromatic carbocycles. The second-order valence-electron chi connectivity index (χ2n) is 8.36. The number of hydrogen-bond acceptors (Lipinski definition) is 8. The van der Waals surface area contributed by atoms with Crippen LogP contribution in [-0.2, 0) is 0 Å². The lowest BCUT2D eigenvalue weighted by Gasteiger charge is -2.37. The Hall–Kier alpha value is -2.81. The summed E-state index contributed by atoms with van der Waals surface area (Å²) in [6.07, 6.45) is 4.61. The van der Waals surface area contributed by atoms with E-state index in [9.17, 15) is 9.50 Å². The van der Waals surface area contributed by atoms with Crippen LogP contribution in [0.4, 0.5) is 9.52 Å². The third-order valence-corrected chi connectivity index (χ3v) is 7.61. The van der Waals surface area contributed by atoms with Gasteiger partial charge in [-0.05, 0) is 49.7 Å². The van der Waals surface area contributed by atoms with Gasteiger partial charge in [-0.15, -0.1) is 10.2 Å². The number of rotatable bonds is 5. The Morgan fingerprint density at radius 1 is 1.16 bits per heavy atom. The molecule has 2 saturated carbocycles. The predicted octanol–water partition coefficient (Wildman–Crippen LogP) is 4.34. The van der Waals surface area contributed by atoms with Gasteiger partial charge in [-0.2, -0.15) is 0 Å². The van der Waals surface area contributed by atoms with Crippen LogP contribution in [0.25, 0.3) is 21.8 Å². The molecule has 3 aromatic rings. The summed E-state index contributed by atoms with van der Waals surface area (Å²) in [6.45, 7) is 0. The Morgan fingerprint density at radius 2 is 2.03 bits per heavy atom. The van der Waals surface area contributed by atoms with E-state index in [0.717, 1.165) is 31.2 Å². The van der Waals surface area contributed by atoms with Crippen LogP contribution in [0.2, 0.25) is 0 Å². The number of methoxy groups -OCH3 is 1. The van der Waals surface area contributed by atoms with Gasteiger partial charge in [-0.1, -0.05) is 17.4 Å². The van der Waals surface area contributed by atoms with Crippen LogP contribution in [0.15, 0.2) is 30.6 Å². The number of halogens is 1. The SMILES string of the molecule is COc1cc(-c2ccc(-c3nnc(N(C)[C@H]4C[C@@H]5CC[C@@H](C5)[C@H]4F)s3)c(O)c2)ncn1. The highest BCUT2D eigenvalue weighted by atomic mass is 32.1. The van der Waals surface area contributed by atoms with E-state index >= 15 is 0 Å². The van der Waals surface area contributed by atoms with E-state index in [-0.39, 0.29) is 17.7 Å². The van der Waals surface area contributed by atoms with Gasteiger partial charge in [0.1, 0.15) is 18.2 Å². The zero-order valence-electron chi connectivity index (χ0n) is 17.4. The Balaban J connectivity index is 1.38. The first-order valence-electron chi connectivity index (χ1n) is 10.4. The van der Waals surface area contributed by atoms with Crippen molar-refractivity contribution >= 4 is 16.5 Å². The molecule has 162 valence electrons.